The van der Waals surface area contributed by atoms with Crippen molar-refractivity contribution in [2.75, 3.05) is 33.0 Å². The normalized spacial score (nSPS) is 19.4. The number of hydrogen-bond donors (Lipinski definition) is 2. The average Bonchev–Trinajstić information content (AvgIpc) is 2.82. The fourth-order valence-electron chi connectivity index (χ4n) is 2.40. The zero-order chi connectivity index (χ0) is 13.8. The van der Waals surface area contributed by atoms with Gasteiger partial charge in [-0.1, -0.05) is 0 Å². The molecule has 1 aliphatic heterocycles. The quantitative estimate of drug-likeness (QED) is 0.798. The number of likely N-dealkylation sites (N-methyl/N-ethyl adjacent to an activating group) is 1. The number of carbonyl (C=O) groups excluding carboxylic acids is 1. The average molecular weight is 263 g/mol. The Balaban J connectivity index is 1.99. The molecule has 1 amide bonds. The number of carbonyl (C=O) groups is 1. The van der Waals surface area contributed by atoms with E-state index in [1.807, 2.05) is 0 Å². The number of likely N-dealkylation sites (tertiary alicyclic amines) is 1. The molecule has 1 aromatic rings. The lowest BCUT2D eigenvalue weighted by Crippen LogP contribution is -2.38. The lowest BCUT2D eigenvalue weighted by molar-refractivity contribution is 0.0944. The minimum absolute atomic E-state index is 0.142. The SMILES string of the molecule is COc1ccc(N)c(C(=O)NCC2CCCN2C)c1. The Hall–Kier alpha value is -1.75. The molecule has 0 saturated carbocycles. The second kappa shape index (κ2) is 5.93. The third-order valence-electron chi connectivity index (χ3n) is 3.67. The number of nitrogen functional groups attached to an aromatic ring is 1. The Labute approximate surface area is 113 Å². The Morgan fingerprint density at radius 3 is 3.00 bits per heavy atom. The molecule has 0 aliphatic carbocycles. The molecule has 1 aliphatic rings. The van der Waals surface area contributed by atoms with Gasteiger partial charge in [0.05, 0.1) is 12.7 Å². The molecule has 0 aromatic heterocycles. The van der Waals surface area contributed by atoms with Crippen LogP contribution in [0, 0.1) is 0 Å². The van der Waals surface area contributed by atoms with Gasteiger partial charge in [0.25, 0.3) is 5.91 Å². The standard InChI is InChI=1S/C14H21N3O2/c1-17-7-3-4-10(17)9-16-14(18)12-8-11(19-2)5-6-13(12)15/h5-6,8,10H,3-4,7,9,15H2,1-2H3,(H,16,18). The molecule has 0 bridgehead atoms. The fourth-order valence-corrected chi connectivity index (χ4v) is 2.40. The molecule has 1 fully saturated rings. The highest BCUT2D eigenvalue weighted by atomic mass is 16.5. The summed E-state index contributed by atoms with van der Waals surface area (Å²) in [4.78, 5) is 14.4. The zero-order valence-corrected chi connectivity index (χ0v) is 11.5. The third kappa shape index (κ3) is 3.17. The number of amides is 1. The largest absolute Gasteiger partial charge is 0.497 e. The second-order valence-corrected chi connectivity index (χ2v) is 4.94. The van der Waals surface area contributed by atoms with Crippen LogP contribution in [-0.4, -0.2) is 44.1 Å². The Kier molecular flexibility index (Phi) is 4.27. The monoisotopic (exact) mass is 263 g/mol. The van der Waals surface area contributed by atoms with Crippen LogP contribution in [0.3, 0.4) is 0 Å². The Morgan fingerprint density at radius 2 is 2.37 bits per heavy atom. The van der Waals surface area contributed by atoms with E-state index in [4.69, 9.17) is 10.5 Å². The number of hydrogen-bond acceptors (Lipinski definition) is 4. The van der Waals surface area contributed by atoms with Crippen molar-refractivity contribution in [3.8, 4) is 5.75 Å². The van der Waals surface area contributed by atoms with Crippen molar-refractivity contribution in [3.05, 3.63) is 23.8 Å². The lowest BCUT2D eigenvalue weighted by Gasteiger charge is -2.20. The van der Waals surface area contributed by atoms with Gasteiger partial charge in [0.15, 0.2) is 0 Å². The summed E-state index contributed by atoms with van der Waals surface area (Å²) in [6, 6.07) is 5.53. The van der Waals surface area contributed by atoms with Gasteiger partial charge < -0.3 is 20.7 Å². The molecule has 0 radical (unpaired) electrons. The predicted octanol–water partition coefficient (Wildman–Crippen LogP) is 1.10. The summed E-state index contributed by atoms with van der Waals surface area (Å²) < 4.78 is 5.11. The van der Waals surface area contributed by atoms with Gasteiger partial charge in [0.1, 0.15) is 5.75 Å². The molecule has 19 heavy (non-hydrogen) atoms. The van der Waals surface area contributed by atoms with Crippen LogP contribution >= 0.6 is 0 Å². The maximum atomic E-state index is 12.1. The van der Waals surface area contributed by atoms with E-state index in [-0.39, 0.29) is 5.91 Å². The molecule has 2 rings (SSSR count). The van der Waals surface area contributed by atoms with Gasteiger partial charge in [-0.15, -0.1) is 0 Å². The first-order chi connectivity index (χ1) is 9.11. The smallest absolute Gasteiger partial charge is 0.253 e. The Morgan fingerprint density at radius 1 is 1.58 bits per heavy atom. The predicted molar refractivity (Wildman–Crippen MR) is 75.4 cm³/mol. The minimum Gasteiger partial charge on any atom is -0.497 e. The highest BCUT2D eigenvalue weighted by Crippen LogP contribution is 2.19. The molecule has 1 aromatic carbocycles. The first-order valence-electron chi connectivity index (χ1n) is 6.53. The minimum atomic E-state index is -0.142. The van der Waals surface area contributed by atoms with E-state index in [9.17, 15) is 4.79 Å². The van der Waals surface area contributed by atoms with Crippen LogP contribution in [0.5, 0.6) is 5.75 Å². The van der Waals surface area contributed by atoms with Gasteiger partial charge in [-0.2, -0.15) is 0 Å². The highest BCUT2D eigenvalue weighted by molar-refractivity contribution is 5.99. The van der Waals surface area contributed by atoms with E-state index in [1.54, 1.807) is 25.3 Å². The topological polar surface area (TPSA) is 67.6 Å². The Bertz CT molecular complexity index is 462. The van der Waals surface area contributed by atoms with Crippen LogP contribution < -0.4 is 15.8 Å². The van der Waals surface area contributed by atoms with Crippen LogP contribution in [0.4, 0.5) is 5.69 Å². The summed E-state index contributed by atoms with van der Waals surface area (Å²) in [6.07, 6.45) is 2.32. The fraction of sp³-hybridized carbons (Fsp3) is 0.500. The maximum Gasteiger partial charge on any atom is 0.253 e. The van der Waals surface area contributed by atoms with E-state index in [1.165, 1.54) is 6.42 Å². The van der Waals surface area contributed by atoms with E-state index >= 15 is 0 Å². The summed E-state index contributed by atoms with van der Waals surface area (Å²) in [5, 5.41) is 2.95. The number of nitrogens with zero attached hydrogens (tertiary/aromatic N) is 1. The van der Waals surface area contributed by atoms with Gasteiger partial charge in [-0.3, -0.25) is 4.79 Å². The number of nitrogens with one attached hydrogen (secondary N) is 1. The van der Waals surface area contributed by atoms with Crippen molar-refractivity contribution in [2.45, 2.75) is 18.9 Å². The number of methoxy groups -OCH3 is 1. The van der Waals surface area contributed by atoms with Crippen molar-refractivity contribution in [2.24, 2.45) is 0 Å². The molecular weight excluding hydrogens is 242 g/mol. The highest BCUT2D eigenvalue weighted by Gasteiger charge is 2.21. The summed E-state index contributed by atoms with van der Waals surface area (Å²) in [6.45, 7) is 1.76. The van der Waals surface area contributed by atoms with Gasteiger partial charge in [0.2, 0.25) is 0 Å². The molecule has 1 atom stereocenters. The number of rotatable bonds is 4. The van der Waals surface area contributed by atoms with Crippen LogP contribution in [0.25, 0.3) is 0 Å². The van der Waals surface area contributed by atoms with Crippen LogP contribution in [0.15, 0.2) is 18.2 Å². The molecule has 3 N–H and O–H groups in total. The van der Waals surface area contributed by atoms with Crippen molar-refractivity contribution >= 4 is 11.6 Å². The third-order valence-corrected chi connectivity index (χ3v) is 3.67. The molecule has 1 unspecified atom stereocenters. The van der Waals surface area contributed by atoms with Gasteiger partial charge in [-0.25, -0.2) is 0 Å². The van der Waals surface area contributed by atoms with E-state index in [0.29, 0.717) is 29.6 Å². The second-order valence-electron chi connectivity index (χ2n) is 4.94. The van der Waals surface area contributed by atoms with Crippen LogP contribution in [0.1, 0.15) is 23.2 Å². The van der Waals surface area contributed by atoms with E-state index in [2.05, 4.69) is 17.3 Å². The van der Waals surface area contributed by atoms with Crippen molar-refractivity contribution < 1.29 is 9.53 Å². The summed E-state index contributed by atoms with van der Waals surface area (Å²) in [5.41, 5.74) is 6.77. The molecular formula is C14H21N3O2. The molecule has 1 heterocycles. The molecule has 104 valence electrons. The zero-order valence-electron chi connectivity index (χ0n) is 11.5. The number of benzene rings is 1. The number of ether oxygens (including phenoxy) is 1. The summed E-state index contributed by atoms with van der Waals surface area (Å²) in [5.74, 6) is 0.494. The van der Waals surface area contributed by atoms with Crippen molar-refractivity contribution in [3.63, 3.8) is 0 Å². The van der Waals surface area contributed by atoms with Crippen LogP contribution in [-0.2, 0) is 0 Å². The first kappa shape index (κ1) is 13.7. The van der Waals surface area contributed by atoms with Gasteiger partial charge in [-0.05, 0) is 44.6 Å². The van der Waals surface area contributed by atoms with Gasteiger partial charge >= 0.3 is 0 Å². The number of nitrogens with two attached hydrogens (primary N) is 1. The first-order valence-corrected chi connectivity index (χ1v) is 6.53. The van der Waals surface area contributed by atoms with Crippen molar-refractivity contribution in [1.29, 1.82) is 0 Å². The molecule has 5 heteroatoms. The summed E-state index contributed by atoms with van der Waals surface area (Å²) >= 11 is 0. The molecule has 0 spiro atoms. The van der Waals surface area contributed by atoms with Crippen LogP contribution in [0.2, 0.25) is 0 Å². The number of anilines is 1. The maximum absolute atomic E-state index is 12.1. The van der Waals surface area contributed by atoms with E-state index in [0.717, 1.165) is 13.0 Å². The lowest BCUT2D eigenvalue weighted by atomic mass is 10.1. The van der Waals surface area contributed by atoms with Gasteiger partial charge in [0, 0.05) is 18.3 Å². The molecule has 5 nitrogen and oxygen atoms in total. The van der Waals surface area contributed by atoms with Crippen molar-refractivity contribution in [1.82, 2.24) is 10.2 Å². The molecule has 1 saturated heterocycles. The summed E-state index contributed by atoms with van der Waals surface area (Å²) in [7, 11) is 3.66. The van der Waals surface area contributed by atoms with E-state index < -0.39 is 0 Å².